The summed E-state index contributed by atoms with van der Waals surface area (Å²) in [6.07, 6.45) is 0. The van der Waals surface area contributed by atoms with Crippen LogP contribution in [0, 0.1) is 0 Å². The van der Waals surface area contributed by atoms with Crippen LogP contribution in [0.5, 0.6) is 0 Å². The molecule has 1 rings (SSSR count). The molecule has 1 aromatic rings. The summed E-state index contributed by atoms with van der Waals surface area (Å²) in [4.78, 5) is 12.2. The monoisotopic (exact) mass is 263 g/mol. The third-order valence-corrected chi connectivity index (χ3v) is 3.67. The van der Waals surface area contributed by atoms with Crippen molar-refractivity contribution in [2.75, 3.05) is 13.7 Å². The van der Waals surface area contributed by atoms with Crippen molar-refractivity contribution < 1.29 is 9.53 Å². The minimum absolute atomic E-state index is 0.270. The van der Waals surface area contributed by atoms with E-state index in [2.05, 4.69) is 20.7 Å². The van der Waals surface area contributed by atoms with Crippen LogP contribution in [-0.2, 0) is 9.53 Å². The predicted molar refractivity (Wildman–Crippen MR) is 55.8 cm³/mol. The molecule has 13 heavy (non-hydrogen) atoms. The van der Waals surface area contributed by atoms with Crippen LogP contribution in [0.2, 0.25) is 0 Å². The second-order valence-corrected chi connectivity index (χ2v) is 4.25. The number of ether oxygens (including phenoxy) is 1. The van der Waals surface area contributed by atoms with Crippen LogP contribution in [0.15, 0.2) is 15.9 Å². The molecule has 0 aliphatic heterocycles. The van der Waals surface area contributed by atoms with Gasteiger partial charge in [-0.05, 0) is 27.4 Å². The molecule has 5 heteroatoms. The van der Waals surface area contributed by atoms with Crippen molar-refractivity contribution in [1.29, 1.82) is 0 Å². The normalized spacial score (nSPS) is 12.5. The van der Waals surface area contributed by atoms with Crippen LogP contribution in [0.25, 0.3) is 0 Å². The summed E-state index contributed by atoms with van der Waals surface area (Å²) in [6, 6.07) is 1.89. The third kappa shape index (κ3) is 2.30. The van der Waals surface area contributed by atoms with Crippen LogP contribution in [0.4, 0.5) is 0 Å². The Balaban J connectivity index is 2.90. The number of methoxy groups -OCH3 is 1. The number of hydrogen-bond acceptors (Lipinski definition) is 4. The van der Waals surface area contributed by atoms with E-state index in [0.717, 1.165) is 9.35 Å². The van der Waals surface area contributed by atoms with Crippen LogP contribution in [-0.4, -0.2) is 19.6 Å². The van der Waals surface area contributed by atoms with Gasteiger partial charge < -0.3 is 10.5 Å². The van der Waals surface area contributed by atoms with Gasteiger partial charge in [-0.3, -0.25) is 4.79 Å². The van der Waals surface area contributed by atoms with Gasteiger partial charge in [0.05, 0.1) is 7.11 Å². The Hall–Kier alpha value is -0.390. The molecule has 3 nitrogen and oxygen atoms in total. The molecule has 0 amide bonds. The van der Waals surface area contributed by atoms with Gasteiger partial charge in [-0.25, -0.2) is 0 Å². The summed E-state index contributed by atoms with van der Waals surface area (Å²) < 4.78 is 5.56. The summed E-state index contributed by atoms with van der Waals surface area (Å²) in [6.45, 7) is 0.270. The minimum atomic E-state index is -0.348. The Morgan fingerprint density at radius 2 is 2.54 bits per heavy atom. The van der Waals surface area contributed by atoms with Crippen LogP contribution in [0.1, 0.15) is 10.8 Å². The Morgan fingerprint density at radius 1 is 1.85 bits per heavy atom. The highest BCUT2D eigenvalue weighted by Crippen LogP contribution is 2.30. The minimum Gasteiger partial charge on any atom is -0.468 e. The molecule has 1 unspecified atom stereocenters. The van der Waals surface area contributed by atoms with E-state index >= 15 is 0 Å². The highest BCUT2D eigenvalue weighted by Gasteiger charge is 2.22. The summed E-state index contributed by atoms with van der Waals surface area (Å²) in [7, 11) is 1.37. The van der Waals surface area contributed by atoms with Crippen molar-refractivity contribution in [2.45, 2.75) is 5.92 Å². The second-order valence-electron chi connectivity index (χ2n) is 2.44. The first-order chi connectivity index (χ1) is 6.20. The first kappa shape index (κ1) is 10.7. The molecule has 0 aliphatic rings. The van der Waals surface area contributed by atoms with Gasteiger partial charge in [0, 0.05) is 15.9 Å². The summed E-state index contributed by atoms with van der Waals surface area (Å²) in [5, 5.41) is 1.91. The zero-order valence-corrected chi connectivity index (χ0v) is 9.52. The lowest BCUT2D eigenvalue weighted by Gasteiger charge is -2.10. The number of hydrogen-bond donors (Lipinski definition) is 1. The van der Waals surface area contributed by atoms with Gasteiger partial charge in [-0.1, -0.05) is 0 Å². The number of carbonyl (C=O) groups is 1. The van der Waals surface area contributed by atoms with Crippen LogP contribution < -0.4 is 5.73 Å². The topological polar surface area (TPSA) is 52.3 Å². The maximum Gasteiger partial charge on any atom is 0.315 e. The maximum absolute atomic E-state index is 11.3. The van der Waals surface area contributed by atoms with Gasteiger partial charge in [0.15, 0.2) is 0 Å². The molecule has 0 aromatic carbocycles. The quantitative estimate of drug-likeness (QED) is 0.846. The van der Waals surface area contributed by atoms with Gasteiger partial charge in [0.2, 0.25) is 0 Å². The molecule has 2 N–H and O–H groups in total. The van der Waals surface area contributed by atoms with E-state index in [1.54, 1.807) is 0 Å². The van der Waals surface area contributed by atoms with Gasteiger partial charge in [-0.2, -0.15) is 0 Å². The molecular weight excluding hydrogens is 254 g/mol. The first-order valence-corrected chi connectivity index (χ1v) is 5.38. The number of halogens is 1. The summed E-state index contributed by atoms with van der Waals surface area (Å²) in [5.41, 5.74) is 5.49. The molecule has 1 atom stereocenters. The van der Waals surface area contributed by atoms with Gasteiger partial charge in [0.1, 0.15) is 5.92 Å². The van der Waals surface area contributed by atoms with Crippen molar-refractivity contribution in [2.24, 2.45) is 5.73 Å². The Bertz CT molecular complexity index is 300. The predicted octanol–water partition coefficient (Wildman–Crippen LogP) is 1.73. The van der Waals surface area contributed by atoms with Gasteiger partial charge >= 0.3 is 5.97 Å². The lowest BCUT2D eigenvalue weighted by atomic mass is 10.1. The fourth-order valence-electron chi connectivity index (χ4n) is 1.01. The molecule has 0 saturated heterocycles. The number of nitrogens with two attached hydrogens (primary N) is 1. The zero-order chi connectivity index (χ0) is 9.84. The highest BCUT2D eigenvalue weighted by atomic mass is 79.9. The summed E-state index contributed by atoms with van der Waals surface area (Å²) >= 11 is 4.85. The fourth-order valence-corrected chi connectivity index (χ4v) is 2.76. The number of rotatable bonds is 3. The number of carbonyl (C=O) groups excluding carboxylic acids is 1. The van der Waals surface area contributed by atoms with Gasteiger partial charge in [0.25, 0.3) is 0 Å². The average molecular weight is 264 g/mol. The molecule has 0 spiro atoms. The second kappa shape index (κ2) is 4.74. The fraction of sp³-hybridized carbons (Fsp3) is 0.375. The molecule has 0 saturated carbocycles. The number of thiophene rings is 1. The smallest absolute Gasteiger partial charge is 0.315 e. The van der Waals surface area contributed by atoms with E-state index in [9.17, 15) is 4.79 Å². The van der Waals surface area contributed by atoms with E-state index < -0.39 is 0 Å². The molecule has 0 fully saturated rings. The largest absolute Gasteiger partial charge is 0.468 e. The number of esters is 1. The molecule has 0 bridgehead atoms. The Labute approximate surface area is 89.0 Å². The third-order valence-electron chi connectivity index (χ3n) is 1.68. The Morgan fingerprint density at radius 3 is 2.92 bits per heavy atom. The standard InChI is InChI=1S/C8H10BrNO2S/c1-12-8(11)5(4-10)7-6(9)2-3-13-7/h2-3,5H,4,10H2,1H3. The average Bonchev–Trinajstić information content (AvgIpc) is 2.53. The summed E-state index contributed by atoms with van der Waals surface area (Å²) in [5.74, 6) is -0.634. The lowest BCUT2D eigenvalue weighted by Crippen LogP contribution is -2.22. The zero-order valence-electron chi connectivity index (χ0n) is 7.12. The van der Waals surface area contributed by atoms with Crippen molar-refractivity contribution in [3.8, 4) is 0 Å². The SMILES string of the molecule is COC(=O)C(CN)c1sccc1Br. The van der Waals surface area contributed by atoms with E-state index in [-0.39, 0.29) is 18.4 Å². The van der Waals surface area contributed by atoms with E-state index in [1.807, 2.05) is 11.4 Å². The molecular formula is C8H10BrNO2S. The Kier molecular flexibility index (Phi) is 3.90. The van der Waals surface area contributed by atoms with Crippen molar-refractivity contribution >= 4 is 33.2 Å². The van der Waals surface area contributed by atoms with E-state index in [0.29, 0.717) is 0 Å². The van der Waals surface area contributed by atoms with Crippen LogP contribution >= 0.6 is 27.3 Å². The van der Waals surface area contributed by atoms with Crippen molar-refractivity contribution in [1.82, 2.24) is 0 Å². The molecule has 1 heterocycles. The highest BCUT2D eigenvalue weighted by molar-refractivity contribution is 9.10. The molecule has 0 radical (unpaired) electrons. The van der Waals surface area contributed by atoms with E-state index in [4.69, 9.17) is 5.73 Å². The van der Waals surface area contributed by atoms with Gasteiger partial charge in [-0.15, -0.1) is 11.3 Å². The first-order valence-electron chi connectivity index (χ1n) is 3.71. The lowest BCUT2D eigenvalue weighted by molar-refractivity contribution is -0.142. The maximum atomic E-state index is 11.3. The van der Waals surface area contributed by atoms with E-state index in [1.165, 1.54) is 18.4 Å². The molecule has 1 aromatic heterocycles. The molecule has 72 valence electrons. The molecule has 0 aliphatic carbocycles. The van der Waals surface area contributed by atoms with Crippen LogP contribution in [0.3, 0.4) is 0 Å². The van der Waals surface area contributed by atoms with Crippen molar-refractivity contribution in [3.63, 3.8) is 0 Å². The van der Waals surface area contributed by atoms with Crippen molar-refractivity contribution in [3.05, 3.63) is 20.8 Å².